The zero-order valence-corrected chi connectivity index (χ0v) is 11.8. The topological polar surface area (TPSA) is 45.1 Å². The molecule has 0 aliphatic rings. The molecule has 0 aliphatic carbocycles. The van der Waals surface area contributed by atoms with Gasteiger partial charge in [0.05, 0.1) is 5.54 Å². The first kappa shape index (κ1) is 13.3. The van der Waals surface area contributed by atoms with Crippen molar-refractivity contribution in [1.82, 2.24) is 10.3 Å². The Kier molecular flexibility index (Phi) is 3.90. The SMILES string of the molecule is CC(C)(NCc1cc(Cl)ccc1O)c1nccs1. The number of nitrogens with one attached hydrogen (secondary N) is 1. The minimum atomic E-state index is -0.233. The number of hydrogen-bond donors (Lipinski definition) is 2. The molecule has 0 aliphatic heterocycles. The molecule has 0 amide bonds. The van der Waals surface area contributed by atoms with Crippen LogP contribution in [-0.4, -0.2) is 10.1 Å². The standard InChI is InChI=1S/C13H15ClN2OS/c1-13(2,12-15-5-6-18-12)16-8-9-7-10(14)3-4-11(9)17/h3-7,16-17H,8H2,1-2H3. The van der Waals surface area contributed by atoms with Crippen LogP contribution in [0.15, 0.2) is 29.8 Å². The normalized spacial score (nSPS) is 11.7. The number of nitrogens with zero attached hydrogens (tertiary/aromatic N) is 1. The fourth-order valence-electron chi connectivity index (χ4n) is 1.62. The van der Waals surface area contributed by atoms with Crippen LogP contribution in [0.2, 0.25) is 5.02 Å². The summed E-state index contributed by atoms with van der Waals surface area (Å²) in [6.45, 7) is 4.67. The molecular formula is C13H15ClN2OS. The third kappa shape index (κ3) is 3.02. The van der Waals surface area contributed by atoms with Crippen molar-refractivity contribution in [2.45, 2.75) is 25.9 Å². The Bertz CT molecular complexity index is 526. The summed E-state index contributed by atoms with van der Waals surface area (Å²) in [7, 11) is 0. The summed E-state index contributed by atoms with van der Waals surface area (Å²) in [6, 6.07) is 5.05. The van der Waals surface area contributed by atoms with Gasteiger partial charge in [-0.3, -0.25) is 0 Å². The average molecular weight is 283 g/mol. The molecule has 2 aromatic rings. The second-order valence-corrected chi connectivity index (χ2v) is 5.92. The third-order valence-electron chi connectivity index (χ3n) is 2.73. The Hall–Kier alpha value is -1.10. The van der Waals surface area contributed by atoms with E-state index in [4.69, 9.17) is 11.6 Å². The molecule has 1 aromatic carbocycles. The van der Waals surface area contributed by atoms with Gasteiger partial charge < -0.3 is 10.4 Å². The van der Waals surface area contributed by atoms with Gasteiger partial charge in [0.25, 0.3) is 0 Å². The Morgan fingerprint density at radius 1 is 1.44 bits per heavy atom. The number of thiazole rings is 1. The van der Waals surface area contributed by atoms with E-state index in [1.165, 1.54) is 0 Å². The Balaban J connectivity index is 2.09. The van der Waals surface area contributed by atoms with E-state index in [0.717, 1.165) is 10.6 Å². The van der Waals surface area contributed by atoms with Crippen molar-refractivity contribution in [3.63, 3.8) is 0 Å². The van der Waals surface area contributed by atoms with Gasteiger partial charge in [-0.15, -0.1) is 11.3 Å². The highest BCUT2D eigenvalue weighted by atomic mass is 35.5. The van der Waals surface area contributed by atoms with Crippen LogP contribution >= 0.6 is 22.9 Å². The molecule has 1 heterocycles. The summed E-state index contributed by atoms with van der Waals surface area (Å²) in [5.41, 5.74) is 0.551. The van der Waals surface area contributed by atoms with Crippen molar-refractivity contribution in [3.05, 3.63) is 45.4 Å². The summed E-state index contributed by atoms with van der Waals surface area (Å²) in [5, 5.41) is 16.7. The summed E-state index contributed by atoms with van der Waals surface area (Å²) < 4.78 is 0. The number of phenolic OH excluding ortho intramolecular Hbond substituents is 1. The van der Waals surface area contributed by atoms with Gasteiger partial charge in [-0.05, 0) is 32.0 Å². The maximum absolute atomic E-state index is 9.75. The molecule has 0 spiro atoms. The van der Waals surface area contributed by atoms with Gasteiger partial charge in [-0.2, -0.15) is 0 Å². The van der Waals surface area contributed by atoms with Crippen LogP contribution in [0, 0.1) is 0 Å². The van der Waals surface area contributed by atoms with Gasteiger partial charge in [-0.1, -0.05) is 11.6 Å². The summed E-state index contributed by atoms with van der Waals surface area (Å²) in [5.74, 6) is 0.252. The lowest BCUT2D eigenvalue weighted by atomic mass is 10.1. The number of halogens is 1. The molecule has 0 atom stereocenters. The molecule has 2 rings (SSSR count). The maximum Gasteiger partial charge on any atom is 0.120 e. The molecular weight excluding hydrogens is 268 g/mol. The Morgan fingerprint density at radius 2 is 2.22 bits per heavy atom. The predicted octanol–water partition coefficient (Wildman–Crippen LogP) is 3.53. The van der Waals surface area contributed by atoms with E-state index in [1.807, 2.05) is 5.38 Å². The van der Waals surface area contributed by atoms with Crippen molar-refractivity contribution in [2.24, 2.45) is 0 Å². The predicted molar refractivity (Wildman–Crippen MR) is 75.1 cm³/mol. The maximum atomic E-state index is 9.75. The molecule has 0 bridgehead atoms. The lowest BCUT2D eigenvalue weighted by Gasteiger charge is -2.24. The van der Waals surface area contributed by atoms with E-state index in [-0.39, 0.29) is 11.3 Å². The summed E-state index contributed by atoms with van der Waals surface area (Å²) in [6.07, 6.45) is 1.79. The highest BCUT2D eigenvalue weighted by Gasteiger charge is 2.22. The van der Waals surface area contributed by atoms with Crippen LogP contribution in [0.1, 0.15) is 24.4 Å². The second-order valence-electron chi connectivity index (χ2n) is 4.59. The van der Waals surface area contributed by atoms with Crippen LogP contribution in [0.4, 0.5) is 0 Å². The molecule has 5 heteroatoms. The summed E-state index contributed by atoms with van der Waals surface area (Å²) in [4.78, 5) is 4.31. The number of hydrogen-bond acceptors (Lipinski definition) is 4. The van der Waals surface area contributed by atoms with Crippen LogP contribution in [0.3, 0.4) is 0 Å². The van der Waals surface area contributed by atoms with Crippen molar-refractivity contribution in [1.29, 1.82) is 0 Å². The third-order valence-corrected chi connectivity index (χ3v) is 4.06. The lowest BCUT2D eigenvalue weighted by Crippen LogP contribution is -2.35. The Labute approximate surface area is 115 Å². The number of benzene rings is 1. The van der Waals surface area contributed by atoms with Gasteiger partial charge in [0.1, 0.15) is 10.8 Å². The quantitative estimate of drug-likeness (QED) is 0.902. The van der Waals surface area contributed by atoms with Gasteiger partial charge >= 0.3 is 0 Å². The zero-order chi connectivity index (χ0) is 13.2. The molecule has 18 heavy (non-hydrogen) atoms. The highest BCUT2D eigenvalue weighted by molar-refractivity contribution is 7.09. The van der Waals surface area contributed by atoms with E-state index in [9.17, 15) is 5.11 Å². The minimum Gasteiger partial charge on any atom is -0.508 e. The van der Waals surface area contributed by atoms with Crippen LogP contribution in [-0.2, 0) is 12.1 Å². The largest absolute Gasteiger partial charge is 0.508 e. The Morgan fingerprint density at radius 3 is 2.89 bits per heavy atom. The zero-order valence-electron chi connectivity index (χ0n) is 10.3. The van der Waals surface area contributed by atoms with Crippen molar-refractivity contribution < 1.29 is 5.11 Å². The number of aromatic nitrogens is 1. The van der Waals surface area contributed by atoms with Gasteiger partial charge in [0, 0.05) is 28.7 Å². The molecule has 0 saturated carbocycles. The number of aromatic hydroxyl groups is 1. The van der Waals surface area contributed by atoms with E-state index < -0.39 is 0 Å². The highest BCUT2D eigenvalue weighted by Crippen LogP contribution is 2.25. The van der Waals surface area contributed by atoms with Crippen molar-refractivity contribution in [3.8, 4) is 5.75 Å². The lowest BCUT2D eigenvalue weighted by molar-refractivity contribution is 0.391. The van der Waals surface area contributed by atoms with Gasteiger partial charge in [-0.25, -0.2) is 4.98 Å². The van der Waals surface area contributed by atoms with Crippen molar-refractivity contribution >= 4 is 22.9 Å². The first-order chi connectivity index (χ1) is 8.49. The van der Waals surface area contributed by atoms with Gasteiger partial charge in [0.2, 0.25) is 0 Å². The number of rotatable bonds is 4. The van der Waals surface area contributed by atoms with Crippen LogP contribution in [0.25, 0.3) is 0 Å². The molecule has 0 saturated heterocycles. The molecule has 1 aromatic heterocycles. The second kappa shape index (κ2) is 5.26. The molecule has 2 N–H and O–H groups in total. The molecule has 96 valence electrons. The first-order valence-corrected chi connectivity index (χ1v) is 6.87. The van der Waals surface area contributed by atoms with Crippen LogP contribution < -0.4 is 5.32 Å². The molecule has 0 fully saturated rings. The van der Waals surface area contributed by atoms with E-state index in [0.29, 0.717) is 11.6 Å². The molecule has 0 radical (unpaired) electrons. The molecule has 3 nitrogen and oxygen atoms in total. The minimum absolute atomic E-state index is 0.233. The molecule has 0 unspecified atom stereocenters. The average Bonchev–Trinajstić information content (AvgIpc) is 2.85. The fourth-order valence-corrected chi connectivity index (χ4v) is 2.55. The van der Waals surface area contributed by atoms with Crippen molar-refractivity contribution in [2.75, 3.05) is 0 Å². The first-order valence-electron chi connectivity index (χ1n) is 5.61. The van der Waals surface area contributed by atoms with Gasteiger partial charge in [0.15, 0.2) is 0 Å². The van der Waals surface area contributed by atoms with E-state index in [1.54, 1.807) is 35.7 Å². The van der Waals surface area contributed by atoms with E-state index in [2.05, 4.69) is 24.1 Å². The van der Waals surface area contributed by atoms with Crippen LogP contribution in [0.5, 0.6) is 5.75 Å². The monoisotopic (exact) mass is 282 g/mol. The number of phenols is 1. The fraction of sp³-hybridized carbons (Fsp3) is 0.308. The summed E-state index contributed by atoms with van der Waals surface area (Å²) >= 11 is 7.53. The smallest absolute Gasteiger partial charge is 0.120 e. The van der Waals surface area contributed by atoms with E-state index >= 15 is 0 Å².